The van der Waals surface area contributed by atoms with Crippen molar-refractivity contribution in [1.82, 2.24) is 10.2 Å². The summed E-state index contributed by atoms with van der Waals surface area (Å²) in [6, 6.07) is 5.68. The summed E-state index contributed by atoms with van der Waals surface area (Å²) in [5.41, 5.74) is 0.717. The van der Waals surface area contributed by atoms with Crippen molar-refractivity contribution >= 4 is 29.4 Å². The molecule has 1 aliphatic heterocycles. The van der Waals surface area contributed by atoms with E-state index in [-0.39, 0.29) is 25.4 Å². The predicted octanol–water partition coefficient (Wildman–Crippen LogP) is 0.294. The van der Waals surface area contributed by atoms with Gasteiger partial charge in [0.1, 0.15) is 12.6 Å². The smallest absolute Gasteiger partial charge is 0.328 e. The Bertz CT molecular complexity index is 544. The zero-order chi connectivity index (χ0) is 14.7. The first-order chi connectivity index (χ1) is 9.47. The number of carbonyl (C=O) groups is 3. The third-order valence-electron chi connectivity index (χ3n) is 3.06. The first-order valence-corrected chi connectivity index (χ1v) is 6.38. The maximum atomic E-state index is 12.2. The van der Waals surface area contributed by atoms with Crippen molar-refractivity contribution < 1.29 is 19.5 Å². The number of hydrogen-bond donors (Lipinski definition) is 2. The highest BCUT2D eigenvalue weighted by Crippen LogP contribution is 2.13. The monoisotopic (exact) mass is 296 g/mol. The molecule has 20 heavy (non-hydrogen) atoms. The summed E-state index contributed by atoms with van der Waals surface area (Å²) in [5, 5.41) is 12.1. The first kappa shape index (κ1) is 14.3. The van der Waals surface area contributed by atoms with Crippen LogP contribution in [0.1, 0.15) is 5.56 Å². The average Bonchev–Trinajstić information content (AvgIpc) is 2.41. The number of carboxylic acids is 1. The van der Waals surface area contributed by atoms with Gasteiger partial charge in [-0.15, -0.1) is 0 Å². The number of carboxylic acid groups (broad SMARTS) is 1. The van der Waals surface area contributed by atoms with Crippen molar-refractivity contribution in [2.24, 2.45) is 0 Å². The topological polar surface area (TPSA) is 86.7 Å². The molecule has 0 aromatic heterocycles. The predicted molar refractivity (Wildman–Crippen MR) is 71.3 cm³/mol. The fraction of sp³-hybridized carbons (Fsp3) is 0.308. The van der Waals surface area contributed by atoms with Gasteiger partial charge in [-0.3, -0.25) is 9.59 Å². The van der Waals surface area contributed by atoms with Crippen molar-refractivity contribution in [3.63, 3.8) is 0 Å². The van der Waals surface area contributed by atoms with Gasteiger partial charge in [-0.2, -0.15) is 0 Å². The Hall–Kier alpha value is -2.08. The fourth-order valence-corrected chi connectivity index (χ4v) is 2.13. The van der Waals surface area contributed by atoms with Crippen molar-refractivity contribution in [1.29, 1.82) is 0 Å². The number of halogens is 1. The van der Waals surface area contributed by atoms with Gasteiger partial charge in [0.05, 0.1) is 6.42 Å². The van der Waals surface area contributed by atoms with Gasteiger partial charge >= 0.3 is 5.97 Å². The lowest BCUT2D eigenvalue weighted by Gasteiger charge is -2.32. The van der Waals surface area contributed by atoms with Crippen LogP contribution < -0.4 is 5.32 Å². The molecule has 2 amide bonds. The van der Waals surface area contributed by atoms with E-state index in [1.807, 2.05) is 0 Å². The summed E-state index contributed by atoms with van der Waals surface area (Å²) >= 11 is 5.75. The van der Waals surface area contributed by atoms with Crippen molar-refractivity contribution in [3.05, 3.63) is 34.9 Å². The van der Waals surface area contributed by atoms with Crippen molar-refractivity contribution in [2.45, 2.75) is 12.5 Å². The Labute approximate surface area is 120 Å². The Kier molecular flexibility index (Phi) is 4.24. The highest BCUT2D eigenvalue weighted by molar-refractivity contribution is 6.30. The van der Waals surface area contributed by atoms with Gasteiger partial charge in [-0.05, 0) is 17.7 Å². The van der Waals surface area contributed by atoms with E-state index in [2.05, 4.69) is 5.32 Å². The molecule has 7 heteroatoms. The molecular formula is C13H13ClN2O4. The number of nitrogens with zero attached hydrogens (tertiary/aromatic N) is 1. The van der Waals surface area contributed by atoms with Gasteiger partial charge in [0.25, 0.3) is 0 Å². The molecule has 0 radical (unpaired) electrons. The Morgan fingerprint density at radius 2 is 2.00 bits per heavy atom. The molecule has 1 saturated heterocycles. The minimum Gasteiger partial charge on any atom is -0.480 e. The third kappa shape index (κ3) is 3.27. The number of piperazine rings is 1. The lowest BCUT2D eigenvalue weighted by molar-refractivity contribution is -0.153. The van der Waals surface area contributed by atoms with Crippen LogP contribution in [0.2, 0.25) is 5.02 Å². The lowest BCUT2D eigenvalue weighted by atomic mass is 10.1. The number of carbonyl (C=O) groups excluding carboxylic acids is 2. The second-order valence-electron chi connectivity index (χ2n) is 4.48. The zero-order valence-corrected chi connectivity index (χ0v) is 11.3. The Morgan fingerprint density at radius 3 is 2.60 bits per heavy atom. The largest absolute Gasteiger partial charge is 0.480 e. The maximum Gasteiger partial charge on any atom is 0.328 e. The van der Waals surface area contributed by atoms with E-state index >= 15 is 0 Å². The summed E-state index contributed by atoms with van der Waals surface area (Å²) in [7, 11) is 0. The Morgan fingerprint density at radius 1 is 1.35 bits per heavy atom. The van der Waals surface area contributed by atoms with Gasteiger partial charge < -0.3 is 15.3 Å². The molecule has 0 bridgehead atoms. The van der Waals surface area contributed by atoms with Crippen LogP contribution in [0, 0.1) is 0 Å². The molecule has 2 N–H and O–H groups in total. The molecule has 0 aliphatic carbocycles. The van der Waals surface area contributed by atoms with Crippen molar-refractivity contribution in [3.8, 4) is 0 Å². The van der Waals surface area contributed by atoms with Crippen LogP contribution in [-0.2, 0) is 20.8 Å². The van der Waals surface area contributed by atoms with Gasteiger partial charge in [-0.25, -0.2) is 4.79 Å². The van der Waals surface area contributed by atoms with Gasteiger partial charge in [-0.1, -0.05) is 23.7 Å². The SMILES string of the molecule is O=C1CN(C(=O)Cc2ccc(Cl)cc2)C(C(=O)O)CN1. The molecule has 1 unspecified atom stereocenters. The molecule has 1 fully saturated rings. The van der Waals surface area contributed by atoms with Crippen LogP contribution in [0.5, 0.6) is 0 Å². The fourth-order valence-electron chi connectivity index (χ4n) is 2.00. The maximum absolute atomic E-state index is 12.2. The molecule has 1 aromatic carbocycles. The Balaban J connectivity index is 2.10. The number of rotatable bonds is 3. The second kappa shape index (κ2) is 5.92. The molecule has 1 heterocycles. The van der Waals surface area contributed by atoms with Gasteiger partial charge in [0.2, 0.25) is 11.8 Å². The average molecular weight is 297 g/mol. The van der Waals surface area contributed by atoms with Crippen LogP contribution in [0.4, 0.5) is 0 Å². The van der Waals surface area contributed by atoms with E-state index in [9.17, 15) is 14.4 Å². The summed E-state index contributed by atoms with van der Waals surface area (Å²) < 4.78 is 0. The van der Waals surface area contributed by atoms with E-state index in [0.29, 0.717) is 5.02 Å². The van der Waals surface area contributed by atoms with Crippen LogP contribution >= 0.6 is 11.6 Å². The summed E-state index contributed by atoms with van der Waals surface area (Å²) in [5.74, 6) is -1.88. The highest BCUT2D eigenvalue weighted by Gasteiger charge is 2.34. The zero-order valence-electron chi connectivity index (χ0n) is 10.5. The minimum absolute atomic E-state index is 0.0359. The summed E-state index contributed by atoms with van der Waals surface area (Å²) in [6.07, 6.45) is 0.0359. The molecule has 0 spiro atoms. The standard InChI is InChI=1S/C13H13ClN2O4/c14-9-3-1-8(2-4-9)5-12(18)16-7-11(17)15-6-10(16)13(19)20/h1-4,10H,5-7H2,(H,15,17)(H,19,20). The summed E-state index contributed by atoms with van der Waals surface area (Å²) in [6.45, 7) is -0.302. The van der Waals surface area contributed by atoms with Gasteiger partial charge in [0, 0.05) is 11.6 Å². The number of aliphatic carboxylic acids is 1. The van der Waals surface area contributed by atoms with E-state index in [0.717, 1.165) is 10.5 Å². The molecule has 1 aliphatic rings. The molecule has 1 aromatic rings. The quantitative estimate of drug-likeness (QED) is 0.839. The first-order valence-electron chi connectivity index (χ1n) is 6.01. The van der Waals surface area contributed by atoms with Crippen LogP contribution in [-0.4, -0.2) is 46.9 Å². The number of hydrogen-bond acceptors (Lipinski definition) is 3. The van der Waals surface area contributed by atoms with E-state index in [4.69, 9.17) is 16.7 Å². The molecule has 6 nitrogen and oxygen atoms in total. The minimum atomic E-state index is -1.13. The van der Waals surface area contributed by atoms with Crippen molar-refractivity contribution in [2.75, 3.05) is 13.1 Å². The summed E-state index contributed by atoms with van der Waals surface area (Å²) in [4.78, 5) is 35.7. The third-order valence-corrected chi connectivity index (χ3v) is 3.31. The molecule has 0 saturated carbocycles. The number of benzene rings is 1. The number of nitrogens with one attached hydrogen (secondary N) is 1. The lowest BCUT2D eigenvalue weighted by Crippen LogP contribution is -2.59. The molecule has 106 valence electrons. The van der Waals surface area contributed by atoms with Crippen LogP contribution in [0.15, 0.2) is 24.3 Å². The number of amides is 2. The normalized spacial score (nSPS) is 18.6. The molecule has 2 rings (SSSR count). The second-order valence-corrected chi connectivity index (χ2v) is 4.92. The molecule has 1 atom stereocenters. The van der Waals surface area contributed by atoms with E-state index in [1.54, 1.807) is 24.3 Å². The van der Waals surface area contributed by atoms with E-state index < -0.39 is 17.9 Å². The van der Waals surface area contributed by atoms with Crippen LogP contribution in [0.3, 0.4) is 0 Å². The molecular weight excluding hydrogens is 284 g/mol. The highest BCUT2D eigenvalue weighted by atomic mass is 35.5. The van der Waals surface area contributed by atoms with E-state index in [1.165, 1.54) is 0 Å². The van der Waals surface area contributed by atoms with Crippen LogP contribution in [0.25, 0.3) is 0 Å². The van der Waals surface area contributed by atoms with Gasteiger partial charge in [0.15, 0.2) is 0 Å².